The minimum absolute atomic E-state index is 0.256. The van der Waals surface area contributed by atoms with E-state index in [0.717, 1.165) is 19.3 Å². The summed E-state index contributed by atoms with van der Waals surface area (Å²) < 4.78 is 5.04. The first-order valence-corrected chi connectivity index (χ1v) is 7.47. The summed E-state index contributed by atoms with van der Waals surface area (Å²) in [6, 6.07) is 0. The number of unbranched alkanes of at least 4 members (excludes halogenated alkanes) is 2. The van der Waals surface area contributed by atoms with Crippen LogP contribution >= 0.6 is 0 Å². The van der Waals surface area contributed by atoms with Gasteiger partial charge in [-0.05, 0) is 54.0 Å². The van der Waals surface area contributed by atoms with E-state index >= 15 is 0 Å². The van der Waals surface area contributed by atoms with Gasteiger partial charge in [0.25, 0.3) is 0 Å². The maximum absolute atomic E-state index is 11.8. The zero-order valence-electron chi connectivity index (χ0n) is 13.2. The average Bonchev–Trinajstić information content (AvgIpc) is 3.06. The van der Waals surface area contributed by atoms with Crippen LogP contribution in [0.4, 0.5) is 0 Å². The molecule has 0 aromatic carbocycles. The lowest BCUT2D eigenvalue weighted by molar-refractivity contribution is 0.478. The monoisotopic (exact) mass is 320 g/mol. The van der Waals surface area contributed by atoms with Gasteiger partial charge < -0.3 is 0 Å². The molecule has 0 aliphatic carbocycles. The molecule has 2 aromatic rings. The highest BCUT2D eigenvalue weighted by atomic mass is 16.2. The van der Waals surface area contributed by atoms with Crippen LogP contribution in [0.3, 0.4) is 0 Å². The minimum atomic E-state index is -0.256. The molecule has 23 heavy (non-hydrogen) atoms. The molecular formula is C13H20N8O2. The third-order valence-electron chi connectivity index (χ3n) is 3.14. The summed E-state index contributed by atoms with van der Waals surface area (Å²) in [5, 5.41) is 15.1. The van der Waals surface area contributed by atoms with E-state index in [9.17, 15) is 9.59 Å². The Labute approximate surface area is 132 Å². The molecule has 0 aliphatic rings. The smallest absolute Gasteiger partial charge is 0.244 e. The van der Waals surface area contributed by atoms with Crippen LogP contribution in [0, 0.1) is 0 Å². The van der Waals surface area contributed by atoms with Gasteiger partial charge in [-0.3, -0.25) is 0 Å². The standard InChI is InChI=1S/C13H20N8O2/c1-3-8-18-12(22)20(16-14-18)10-6-5-7-11-21-13(23)19(9-4-2)15-17-21/h3-4,8-9H,5-7,10-11H2,1-2H3/b8-3-,9-4-. The van der Waals surface area contributed by atoms with E-state index in [1.54, 1.807) is 38.4 Å². The number of aryl methyl sites for hydroxylation is 2. The number of rotatable bonds is 8. The number of allylic oxidation sites excluding steroid dienone is 2. The Morgan fingerprint density at radius 1 is 0.739 bits per heavy atom. The lowest BCUT2D eigenvalue weighted by Gasteiger charge is -2.00. The number of nitrogens with zero attached hydrogens (tertiary/aromatic N) is 8. The van der Waals surface area contributed by atoms with E-state index in [0.29, 0.717) is 13.1 Å². The Morgan fingerprint density at radius 3 is 1.57 bits per heavy atom. The van der Waals surface area contributed by atoms with Crippen molar-refractivity contribution in [2.75, 3.05) is 0 Å². The van der Waals surface area contributed by atoms with Crippen LogP contribution in [0.5, 0.6) is 0 Å². The summed E-state index contributed by atoms with van der Waals surface area (Å²) in [5.74, 6) is 0. The van der Waals surface area contributed by atoms with Crippen LogP contribution in [-0.4, -0.2) is 39.6 Å². The molecule has 2 rings (SSSR count). The number of hydrogen-bond acceptors (Lipinski definition) is 6. The quantitative estimate of drug-likeness (QED) is 0.636. The second kappa shape index (κ2) is 8.01. The molecule has 2 aromatic heterocycles. The van der Waals surface area contributed by atoms with Gasteiger partial charge in [-0.15, -0.1) is 0 Å². The highest BCUT2D eigenvalue weighted by Gasteiger charge is 2.05. The summed E-state index contributed by atoms with van der Waals surface area (Å²) in [6.07, 6.45) is 8.95. The fourth-order valence-electron chi connectivity index (χ4n) is 2.02. The van der Waals surface area contributed by atoms with Crippen LogP contribution in [0.2, 0.25) is 0 Å². The molecule has 0 atom stereocenters. The molecule has 0 N–H and O–H groups in total. The third kappa shape index (κ3) is 4.11. The lowest BCUT2D eigenvalue weighted by atomic mass is 10.2. The van der Waals surface area contributed by atoms with Crippen LogP contribution in [-0.2, 0) is 13.1 Å². The maximum atomic E-state index is 11.8. The van der Waals surface area contributed by atoms with Gasteiger partial charge in [0, 0.05) is 25.5 Å². The van der Waals surface area contributed by atoms with Gasteiger partial charge in [0.2, 0.25) is 0 Å². The first-order valence-electron chi connectivity index (χ1n) is 7.47. The molecule has 0 fully saturated rings. The summed E-state index contributed by atoms with van der Waals surface area (Å²) >= 11 is 0. The van der Waals surface area contributed by atoms with Gasteiger partial charge in [0.15, 0.2) is 0 Å². The van der Waals surface area contributed by atoms with Crippen molar-refractivity contribution >= 4 is 12.4 Å². The molecule has 0 bridgehead atoms. The number of tetrazole rings is 2. The van der Waals surface area contributed by atoms with Gasteiger partial charge in [-0.25, -0.2) is 9.59 Å². The lowest BCUT2D eigenvalue weighted by Crippen LogP contribution is -2.23. The molecular weight excluding hydrogens is 300 g/mol. The molecule has 0 unspecified atom stereocenters. The van der Waals surface area contributed by atoms with Crippen molar-refractivity contribution in [3.05, 3.63) is 33.1 Å². The Bertz CT molecular complexity index is 725. The Morgan fingerprint density at radius 2 is 1.17 bits per heavy atom. The Hall–Kier alpha value is -2.78. The van der Waals surface area contributed by atoms with Crippen molar-refractivity contribution in [3.63, 3.8) is 0 Å². The van der Waals surface area contributed by atoms with Gasteiger partial charge in [0.05, 0.1) is 0 Å². The second-order valence-corrected chi connectivity index (χ2v) is 4.88. The molecule has 0 radical (unpaired) electrons. The van der Waals surface area contributed by atoms with Crippen LogP contribution < -0.4 is 11.4 Å². The predicted molar refractivity (Wildman–Crippen MR) is 84.4 cm³/mol. The third-order valence-corrected chi connectivity index (χ3v) is 3.14. The van der Waals surface area contributed by atoms with Gasteiger partial charge in [-0.1, -0.05) is 12.2 Å². The number of aromatic nitrogens is 8. The van der Waals surface area contributed by atoms with E-state index in [1.165, 1.54) is 18.7 Å². The fraction of sp³-hybridized carbons (Fsp3) is 0.538. The van der Waals surface area contributed by atoms with E-state index in [-0.39, 0.29) is 11.4 Å². The first kappa shape index (κ1) is 16.6. The molecule has 10 heteroatoms. The molecule has 0 saturated carbocycles. The van der Waals surface area contributed by atoms with E-state index in [2.05, 4.69) is 20.9 Å². The predicted octanol–water partition coefficient (Wildman–Crippen LogP) is 0.0447. The molecule has 0 aliphatic heterocycles. The Kier molecular flexibility index (Phi) is 5.78. The molecule has 0 spiro atoms. The zero-order valence-corrected chi connectivity index (χ0v) is 13.2. The highest BCUT2D eigenvalue weighted by Crippen LogP contribution is 1.98. The van der Waals surface area contributed by atoms with E-state index in [1.807, 2.05) is 0 Å². The zero-order chi connectivity index (χ0) is 16.7. The summed E-state index contributed by atoms with van der Waals surface area (Å²) in [6.45, 7) is 4.60. The highest BCUT2D eigenvalue weighted by molar-refractivity contribution is 5.16. The normalized spacial score (nSPS) is 11.9. The fourth-order valence-corrected chi connectivity index (χ4v) is 2.02. The minimum Gasteiger partial charge on any atom is -0.244 e. The van der Waals surface area contributed by atoms with E-state index in [4.69, 9.17) is 0 Å². The summed E-state index contributed by atoms with van der Waals surface area (Å²) in [7, 11) is 0. The molecule has 0 saturated heterocycles. The molecule has 0 amide bonds. The Balaban J connectivity index is 1.78. The molecule has 10 nitrogen and oxygen atoms in total. The number of hydrogen-bond donors (Lipinski definition) is 0. The van der Waals surface area contributed by atoms with Gasteiger partial charge in [-0.2, -0.15) is 18.7 Å². The largest absolute Gasteiger partial charge is 0.367 e. The van der Waals surface area contributed by atoms with Crippen molar-refractivity contribution in [3.8, 4) is 0 Å². The molecule has 124 valence electrons. The first-order chi connectivity index (χ1) is 11.2. The van der Waals surface area contributed by atoms with Crippen molar-refractivity contribution in [2.24, 2.45) is 0 Å². The van der Waals surface area contributed by atoms with Crippen LogP contribution in [0.1, 0.15) is 33.1 Å². The van der Waals surface area contributed by atoms with Crippen LogP contribution in [0.25, 0.3) is 12.4 Å². The summed E-state index contributed by atoms with van der Waals surface area (Å²) in [5.41, 5.74) is -0.512. The maximum Gasteiger partial charge on any atom is 0.367 e. The van der Waals surface area contributed by atoms with Crippen molar-refractivity contribution in [2.45, 2.75) is 46.2 Å². The SMILES string of the molecule is C/C=C\n1nnn(CCCCCn2nnn(/C=C\C)c2=O)c1=O. The van der Waals surface area contributed by atoms with Crippen LogP contribution in [0.15, 0.2) is 21.7 Å². The molecule has 2 heterocycles. The second-order valence-electron chi connectivity index (χ2n) is 4.88. The average molecular weight is 320 g/mol. The topological polar surface area (TPSA) is 105 Å². The van der Waals surface area contributed by atoms with Crippen molar-refractivity contribution in [1.82, 2.24) is 39.6 Å². The van der Waals surface area contributed by atoms with Crippen molar-refractivity contribution < 1.29 is 0 Å². The van der Waals surface area contributed by atoms with E-state index < -0.39 is 0 Å². The van der Waals surface area contributed by atoms with Crippen molar-refractivity contribution in [1.29, 1.82) is 0 Å². The summed E-state index contributed by atoms with van der Waals surface area (Å²) in [4.78, 5) is 23.7. The van der Waals surface area contributed by atoms with Gasteiger partial charge >= 0.3 is 11.4 Å². The van der Waals surface area contributed by atoms with Gasteiger partial charge in [0.1, 0.15) is 0 Å².